The lowest BCUT2D eigenvalue weighted by atomic mass is 10.1. The normalized spacial score (nSPS) is 14.6. The summed E-state index contributed by atoms with van der Waals surface area (Å²) < 4.78 is 12.7. The Morgan fingerprint density at radius 2 is 2.13 bits per heavy atom. The van der Waals surface area contributed by atoms with E-state index in [0.717, 1.165) is 38.0 Å². The molecule has 0 unspecified atom stereocenters. The van der Waals surface area contributed by atoms with E-state index in [1.807, 2.05) is 25.3 Å². The molecule has 2 aromatic rings. The first kappa shape index (κ1) is 22.7. The molecule has 1 aliphatic heterocycles. The van der Waals surface area contributed by atoms with E-state index in [2.05, 4.69) is 22.9 Å². The highest BCUT2D eigenvalue weighted by atomic mass is 16.5. The lowest BCUT2D eigenvalue weighted by molar-refractivity contribution is 0.0593. The van der Waals surface area contributed by atoms with Crippen LogP contribution in [0.15, 0.2) is 47.0 Å². The summed E-state index contributed by atoms with van der Waals surface area (Å²) in [6, 6.07) is 5.34. The van der Waals surface area contributed by atoms with E-state index in [1.54, 1.807) is 10.8 Å². The summed E-state index contributed by atoms with van der Waals surface area (Å²) >= 11 is 0. The first-order chi connectivity index (χ1) is 15.0. The van der Waals surface area contributed by atoms with E-state index in [0.29, 0.717) is 36.6 Å². The fraction of sp³-hybridized carbons (Fsp3) is 0.458. The van der Waals surface area contributed by atoms with Crippen LogP contribution >= 0.6 is 0 Å². The zero-order valence-corrected chi connectivity index (χ0v) is 18.6. The van der Waals surface area contributed by atoms with Crippen LogP contribution in [-0.4, -0.2) is 53.8 Å². The van der Waals surface area contributed by atoms with Crippen LogP contribution in [0.4, 0.5) is 0 Å². The summed E-state index contributed by atoms with van der Waals surface area (Å²) in [5, 5.41) is 0. The topological polar surface area (TPSA) is 73.7 Å². The molecule has 0 spiro atoms. The number of aryl methyl sites for hydroxylation is 1. The van der Waals surface area contributed by atoms with Gasteiger partial charge >= 0.3 is 5.97 Å². The minimum atomic E-state index is -0.468. The molecule has 0 radical (unpaired) electrons. The van der Waals surface area contributed by atoms with E-state index in [4.69, 9.17) is 9.47 Å². The third-order valence-corrected chi connectivity index (χ3v) is 5.63. The molecule has 166 valence electrons. The average Bonchev–Trinajstić information content (AvgIpc) is 3.00. The summed E-state index contributed by atoms with van der Waals surface area (Å²) in [5.74, 6) is -0.156. The van der Waals surface area contributed by atoms with Crippen molar-refractivity contribution in [3.63, 3.8) is 0 Å². The number of pyridine rings is 2. The molecule has 0 saturated heterocycles. The highest BCUT2D eigenvalue weighted by molar-refractivity contribution is 5.93. The SMILES string of the molecule is C/C=C(\C)CN1CCc2c(C(=O)OC)c(OCCCc3cccnc3)cc(=O)n2CC1. The summed E-state index contributed by atoms with van der Waals surface area (Å²) in [6.45, 7) is 7.43. The molecule has 0 aliphatic carbocycles. The summed E-state index contributed by atoms with van der Waals surface area (Å²) in [6.07, 6.45) is 7.82. The van der Waals surface area contributed by atoms with Crippen LogP contribution in [0.5, 0.6) is 5.75 Å². The Morgan fingerprint density at radius 3 is 2.84 bits per heavy atom. The molecule has 31 heavy (non-hydrogen) atoms. The van der Waals surface area contributed by atoms with Gasteiger partial charge in [0, 0.05) is 56.8 Å². The van der Waals surface area contributed by atoms with E-state index in [1.165, 1.54) is 18.7 Å². The Balaban J connectivity index is 1.79. The highest BCUT2D eigenvalue weighted by Crippen LogP contribution is 2.24. The van der Waals surface area contributed by atoms with Crippen molar-refractivity contribution in [2.45, 2.75) is 39.7 Å². The number of ether oxygens (including phenoxy) is 2. The fourth-order valence-corrected chi connectivity index (χ4v) is 3.84. The maximum atomic E-state index is 12.8. The third-order valence-electron chi connectivity index (χ3n) is 5.63. The van der Waals surface area contributed by atoms with Crippen molar-refractivity contribution in [2.24, 2.45) is 0 Å². The van der Waals surface area contributed by atoms with E-state index < -0.39 is 5.97 Å². The number of hydrogen-bond donors (Lipinski definition) is 0. The van der Waals surface area contributed by atoms with Crippen molar-refractivity contribution in [3.05, 3.63) is 69.4 Å². The molecule has 0 bridgehead atoms. The number of methoxy groups -OCH3 is 1. The zero-order chi connectivity index (χ0) is 22.2. The molecule has 3 rings (SSSR count). The van der Waals surface area contributed by atoms with Gasteiger partial charge in [-0.1, -0.05) is 17.7 Å². The first-order valence-corrected chi connectivity index (χ1v) is 10.7. The number of carbonyl (C=O) groups excluding carboxylic acids is 1. The second kappa shape index (κ2) is 10.9. The maximum Gasteiger partial charge on any atom is 0.343 e. The van der Waals surface area contributed by atoms with Gasteiger partial charge in [0.25, 0.3) is 5.56 Å². The molecular weight excluding hydrogens is 394 g/mol. The van der Waals surface area contributed by atoms with Crippen LogP contribution < -0.4 is 10.3 Å². The number of nitrogens with zero attached hydrogens (tertiary/aromatic N) is 3. The predicted octanol–water partition coefficient (Wildman–Crippen LogP) is 2.87. The van der Waals surface area contributed by atoms with Crippen LogP contribution in [0, 0.1) is 0 Å². The summed E-state index contributed by atoms with van der Waals surface area (Å²) in [7, 11) is 1.36. The number of esters is 1. The van der Waals surface area contributed by atoms with Gasteiger partial charge in [-0.25, -0.2) is 4.79 Å². The molecule has 0 amide bonds. The molecular formula is C24H31N3O4. The minimum absolute atomic E-state index is 0.144. The van der Waals surface area contributed by atoms with Gasteiger partial charge in [0.05, 0.1) is 13.7 Å². The highest BCUT2D eigenvalue weighted by Gasteiger charge is 2.26. The number of fused-ring (bicyclic) bond motifs is 1. The molecule has 7 nitrogen and oxygen atoms in total. The predicted molar refractivity (Wildman–Crippen MR) is 120 cm³/mol. The molecule has 2 aromatic heterocycles. The van der Waals surface area contributed by atoms with Crippen molar-refractivity contribution in [1.29, 1.82) is 0 Å². The van der Waals surface area contributed by atoms with Crippen molar-refractivity contribution in [1.82, 2.24) is 14.5 Å². The van der Waals surface area contributed by atoms with Crippen molar-refractivity contribution in [3.8, 4) is 5.75 Å². The van der Waals surface area contributed by atoms with Crippen LogP contribution in [-0.2, 0) is 24.1 Å². The Labute approximate surface area is 183 Å². The lowest BCUT2D eigenvalue weighted by Gasteiger charge is -2.19. The third kappa shape index (κ3) is 5.82. The molecule has 3 heterocycles. The standard InChI is InChI=1S/C24H31N3O4/c1-4-18(2)17-26-11-9-20-23(24(29)30-3)21(15-22(28)27(20)13-12-26)31-14-6-8-19-7-5-10-25-16-19/h4-5,7,10,15-16H,6,8-9,11-14,17H2,1-3H3/b18-4+. The van der Waals surface area contributed by atoms with E-state index in [-0.39, 0.29) is 5.56 Å². The van der Waals surface area contributed by atoms with E-state index >= 15 is 0 Å². The fourth-order valence-electron chi connectivity index (χ4n) is 3.84. The van der Waals surface area contributed by atoms with Gasteiger partial charge < -0.3 is 14.0 Å². The quantitative estimate of drug-likeness (QED) is 0.368. The number of aromatic nitrogens is 2. The van der Waals surface area contributed by atoms with Crippen molar-refractivity contribution < 1.29 is 14.3 Å². The van der Waals surface area contributed by atoms with Gasteiger partial charge in [0.1, 0.15) is 11.3 Å². The average molecular weight is 426 g/mol. The molecule has 0 saturated carbocycles. The summed E-state index contributed by atoms with van der Waals surface area (Å²) in [4.78, 5) is 31.9. The molecule has 0 N–H and O–H groups in total. The van der Waals surface area contributed by atoms with Gasteiger partial charge in [-0.3, -0.25) is 14.7 Å². The molecule has 7 heteroatoms. The number of rotatable bonds is 8. The van der Waals surface area contributed by atoms with Crippen LogP contribution in [0.25, 0.3) is 0 Å². The number of carbonyl (C=O) groups is 1. The van der Waals surface area contributed by atoms with Gasteiger partial charge in [-0.2, -0.15) is 0 Å². The van der Waals surface area contributed by atoms with Gasteiger partial charge in [-0.15, -0.1) is 0 Å². The van der Waals surface area contributed by atoms with Gasteiger partial charge in [0.15, 0.2) is 0 Å². The Morgan fingerprint density at radius 1 is 1.29 bits per heavy atom. The van der Waals surface area contributed by atoms with Gasteiger partial charge in [0.2, 0.25) is 0 Å². The molecule has 0 aromatic carbocycles. The minimum Gasteiger partial charge on any atom is -0.492 e. The van der Waals surface area contributed by atoms with Crippen molar-refractivity contribution >= 4 is 5.97 Å². The smallest absolute Gasteiger partial charge is 0.343 e. The Hall–Kier alpha value is -2.93. The maximum absolute atomic E-state index is 12.8. The second-order valence-electron chi connectivity index (χ2n) is 7.79. The molecule has 0 fully saturated rings. The Bertz CT molecular complexity index is 982. The summed E-state index contributed by atoms with van der Waals surface area (Å²) in [5.41, 5.74) is 3.33. The zero-order valence-electron chi connectivity index (χ0n) is 18.6. The lowest BCUT2D eigenvalue weighted by Crippen LogP contribution is -2.30. The van der Waals surface area contributed by atoms with Crippen LogP contribution in [0.1, 0.15) is 41.9 Å². The van der Waals surface area contributed by atoms with Crippen molar-refractivity contribution in [2.75, 3.05) is 33.4 Å². The van der Waals surface area contributed by atoms with Crippen LogP contribution in [0.2, 0.25) is 0 Å². The van der Waals surface area contributed by atoms with E-state index in [9.17, 15) is 9.59 Å². The Kier molecular flexibility index (Phi) is 8.00. The molecule has 0 atom stereocenters. The monoisotopic (exact) mass is 425 g/mol. The van der Waals surface area contributed by atoms with Gasteiger partial charge in [-0.05, 0) is 38.3 Å². The second-order valence-corrected chi connectivity index (χ2v) is 7.79. The molecule has 1 aliphatic rings. The number of hydrogen-bond acceptors (Lipinski definition) is 6. The van der Waals surface area contributed by atoms with Crippen LogP contribution in [0.3, 0.4) is 0 Å². The first-order valence-electron chi connectivity index (χ1n) is 10.7. The number of allylic oxidation sites excluding steroid dienone is 1. The largest absolute Gasteiger partial charge is 0.492 e.